The van der Waals surface area contributed by atoms with Gasteiger partial charge in [-0.3, -0.25) is 0 Å². The van der Waals surface area contributed by atoms with Gasteiger partial charge in [-0.1, -0.05) is 30.3 Å². The molecule has 0 aliphatic rings. The van der Waals surface area contributed by atoms with Crippen LogP contribution in [0, 0.1) is 0 Å². The van der Waals surface area contributed by atoms with Crippen molar-refractivity contribution < 1.29 is 27.4 Å². The average molecular weight is 442 g/mol. The van der Waals surface area contributed by atoms with Crippen LogP contribution in [0.3, 0.4) is 0 Å². The molecule has 0 N–H and O–H groups in total. The minimum absolute atomic E-state index is 0.0864. The molecule has 8 heteroatoms. The van der Waals surface area contributed by atoms with Crippen molar-refractivity contribution in [3.05, 3.63) is 83.9 Å². The summed E-state index contributed by atoms with van der Waals surface area (Å²) in [7, 11) is 0.455. The third-order valence-corrected chi connectivity index (χ3v) is 6.43. The maximum Gasteiger partial charge on any atom is 0.343 e. The quantitative estimate of drug-likeness (QED) is 0.391. The lowest BCUT2D eigenvalue weighted by atomic mass is 10.2. The van der Waals surface area contributed by atoms with Gasteiger partial charge in [-0.15, -0.1) is 0 Å². The molecule has 0 radical (unpaired) electrons. The fourth-order valence-electron chi connectivity index (χ4n) is 2.91. The number of carbonyl (C=O) groups excluding carboxylic acids is 1. The molecule has 0 aliphatic carbocycles. The van der Waals surface area contributed by atoms with Crippen molar-refractivity contribution in [2.75, 3.05) is 21.3 Å². The van der Waals surface area contributed by atoms with Gasteiger partial charge in [0.2, 0.25) is 10.0 Å². The monoisotopic (exact) mass is 441 g/mol. The van der Waals surface area contributed by atoms with Crippen LogP contribution in [0.1, 0.15) is 15.9 Å². The maximum atomic E-state index is 13.2. The summed E-state index contributed by atoms with van der Waals surface area (Å²) in [4.78, 5) is 12.5. The number of hydrogen-bond donors (Lipinski definition) is 0. The van der Waals surface area contributed by atoms with Gasteiger partial charge in [-0.25, -0.2) is 13.2 Å². The average Bonchev–Trinajstić information content (AvgIpc) is 2.79. The van der Waals surface area contributed by atoms with Gasteiger partial charge in [0, 0.05) is 13.6 Å². The van der Waals surface area contributed by atoms with Gasteiger partial charge in [-0.05, 0) is 48.0 Å². The zero-order chi connectivity index (χ0) is 22.4. The van der Waals surface area contributed by atoms with Gasteiger partial charge in [0.05, 0.1) is 19.8 Å². The number of nitrogens with zero attached hydrogens (tertiary/aromatic N) is 1. The van der Waals surface area contributed by atoms with Crippen LogP contribution in [-0.2, 0) is 16.6 Å². The maximum absolute atomic E-state index is 13.2. The molecular weight excluding hydrogens is 418 g/mol. The number of carbonyl (C=O) groups is 1. The molecule has 0 saturated carbocycles. The second kappa shape index (κ2) is 9.63. The Balaban J connectivity index is 1.87. The van der Waals surface area contributed by atoms with Crippen LogP contribution in [0.2, 0.25) is 0 Å². The highest BCUT2D eigenvalue weighted by atomic mass is 32.2. The van der Waals surface area contributed by atoms with E-state index in [2.05, 4.69) is 0 Å². The van der Waals surface area contributed by atoms with Gasteiger partial charge >= 0.3 is 5.97 Å². The van der Waals surface area contributed by atoms with E-state index < -0.39 is 16.0 Å². The first-order valence-corrected chi connectivity index (χ1v) is 10.8. The molecule has 0 heterocycles. The van der Waals surface area contributed by atoms with Crippen LogP contribution >= 0.6 is 0 Å². The van der Waals surface area contributed by atoms with Crippen molar-refractivity contribution in [1.29, 1.82) is 0 Å². The first kappa shape index (κ1) is 22.3. The number of sulfonamides is 1. The van der Waals surface area contributed by atoms with E-state index in [0.29, 0.717) is 11.5 Å². The Labute approximate surface area is 181 Å². The van der Waals surface area contributed by atoms with Crippen LogP contribution in [-0.4, -0.2) is 40.0 Å². The molecule has 0 atom stereocenters. The third kappa shape index (κ3) is 5.22. The molecule has 0 aromatic heterocycles. The van der Waals surface area contributed by atoms with Crippen LogP contribution in [0.15, 0.2) is 77.7 Å². The van der Waals surface area contributed by atoms with E-state index in [1.165, 1.54) is 43.8 Å². The largest absolute Gasteiger partial charge is 0.497 e. The molecule has 0 aliphatic heterocycles. The lowest BCUT2D eigenvalue weighted by Crippen LogP contribution is -2.27. The Morgan fingerprint density at radius 3 is 2.13 bits per heavy atom. The third-order valence-electron chi connectivity index (χ3n) is 4.61. The standard InChI is InChI=1S/C23H23NO6S/c1-24(16-17-7-5-4-6-8-17)31(26,27)22-15-18(9-14-21(22)29-3)23(25)30-20-12-10-19(28-2)11-13-20/h4-15H,16H2,1-3H3. The van der Waals surface area contributed by atoms with Crippen molar-refractivity contribution in [2.45, 2.75) is 11.4 Å². The SMILES string of the molecule is COc1ccc(OC(=O)c2ccc(OC)c(S(=O)(=O)N(C)Cc3ccccc3)c2)cc1. The lowest BCUT2D eigenvalue weighted by molar-refractivity contribution is 0.0734. The zero-order valence-electron chi connectivity index (χ0n) is 17.4. The zero-order valence-corrected chi connectivity index (χ0v) is 18.3. The number of benzene rings is 3. The first-order valence-electron chi connectivity index (χ1n) is 9.39. The molecular formula is C23H23NO6S. The van der Waals surface area contributed by atoms with E-state index in [1.807, 2.05) is 30.3 Å². The van der Waals surface area contributed by atoms with Crippen LogP contribution in [0.4, 0.5) is 0 Å². The van der Waals surface area contributed by atoms with Gasteiger partial charge in [0.1, 0.15) is 22.1 Å². The molecule has 0 spiro atoms. The predicted molar refractivity (Wildman–Crippen MR) is 116 cm³/mol. The molecule has 3 aromatic rings. The smallest absolute Gasteiger partial charge is 0.343 e. The highest BCUT2D eigenvalue weighted by Crippen LogP contribution is 2.29. The Morgan fingerprint density at radius 2 is 1.52 bits per heavy atom. The van der Waals surface area contributed by atoms with E-state index in [1.54, 1.807) is 24.3 Å². The highest BCUT2D eigenvalue weighted by molar-refractivity contribution is 7.89. The summed E-state index contributed by atoms with van der Waals surface area (Å²) in [6.45, 7) is 0.173. The van der Waals surface area contributed by atoms with Gasteiger partial charge in [-0.2, -0.15) is 4.31 Å². The summed E-state index contributed by atoms with van der Waals surface area (Å²) in [5.41, 5.74) is 0.922. The Morgan fingerprint density at radius 1 is 0.871 bits per heavy atom. The van der Waals surface area contributed by atoms with Crippen molar-refractivity contribution >= 4 is 16.0 Å². The summed E-state index contributed by atoms with van der Waals surface area (Å²) in [5, 5.41) is 0. The molecule has 0 bridgehead atoms. The number of hydrogen-bond acceptors (Lipinski definition) is 6. The van der Waals surface area contributed by atoms with E-state index in [0.717, 1.165) is 5.56 Å². The van der Waals surface area contributed by atoms with Crippen molar-refractivity contribution in [2.24, 2.45) is 0 Å². The Hall–Kier alpha value is -3.36. The normalized spacial score (nSPS) is 11.2. The molecule has 0 fully saturated rings. The second-order valence-electron chi connectivity index (χ2n) is 6.68. The fourth-order valence-corrected chi connectivity index (χ4v) is 4.24. The van der Waals surface area contributed by atoms with E-state index >= 15 is 0 Å². The Bertz CT molecular complexity index is 1140. The van der Waals surface area contributed by atoms with Gasteiger partial charge in [0.25, 0.3) is 0 Å². The molecule has 3 aromatic carbocycles. The molecule has 31 heavy (non-hydrogen) atoms. The summed E-state index contributed by atoms with van der Waals surface area (Å²) in [6, 6.07) is 19.9. The van der Waals surface area contributed by atoms with Gasteiger partial charge in [0.15, 0.2) is 0 Å². The van der Waals surface area contributed by atoms with Crippen molar-refractivity contribution in [3.8, 4) is 17.2 Å². The number of rotatable bonds is 8. The van der Waals surface area contributed by atoms with Crippen LogP contribution in [0.25, 0.3) is 0 Å². The minimum Gasteiger partial charge on any atom is -0.497 e. The number of ether oxygens (including phenoxy) is 3. The minimum atomic E-state index is -3.93. The fraction of sp³-hybridized carbons (Fsp3) is 0.174. The second-order valence-corrected chi connectivity index (χ2v) is 8.69. The molecule has 7 nitrogen and oxygen atoms in total. The lowest BCUT2D eigenvalue weighted by Gasteiger charge is -2.19. The van der Waals surface area contributed by atoms with Gasteiger partial charge < -0.3 is 14.2 Å². The van der Waals surface area contributed by atoms with E-state index in [4.69, 9.17) is 14.2 Å². The summed E-state index contributed by atoms with van der Waals surface area (Å²) >= 11 is 0. The van der Waals surface area contributed by atoms with E-state index in [9.17, 15) is 13.2 Å². The number of methoxy groups -OCH3 is 2. The molecule has 0 saturated heterocycles. The van der Waals surface area contributed by atoms with Crippen LogP contribution in [0.5, 0.6) is 17.2 Å². The molecule has 0 amide bonds. The summed E-state index contributed by atoms with van der Waals surface area (Å²) < 4.78 is 43.3. The first-order chi connectivity index (χ1) is 14.8. The molecule has 162 valence electrons. The predicted octanol–water partition coefficient (Wildman–Crippen LogP) is 3.74. The summed E-state index contributed by atoms with van der Waals surface area (Å²) in [5.74, 6) is 0.391. The van der Waals surface area contributed by atoms with E-state index in [-0.39, 0.29) is 22.8 Å². The topological polar surface area (TPSA) is 82.1 Å². The Kier molecular flexibility index (Phi) is 6.94. The molecule has 3 rings (SSSR count). The molecule has 0 unspecified atom stereocenters. The highest BCUT2D eigenvalue weighted by Gasteiger charge is 2.26. The summed E-state index contributed by atoms with van der Waals surface area (Å²) in [6.07, 6.45) is 0. The number of esters is 1. The van der Waals surface area contributed by atoms with Crippen LogP contribution < -0.4 is 14.2 Å². The van der Waals surface area contributed by atoms with Crippen molar-refractivity contribution in [1.82, 2.24) is 4.31 Å². The van der Waals surface area contributed by atoms with Crippen molar-refractivity contribution in [3.63, 3.8) is 0 Å².